The van der Waals surface area contributed by atoms with E-state index in [2.05, 4.69) is 26.1 Å². The molecule has 0 saturated heterocycles. The van der Waals surface area contributed by atoms with Gasteiger partial charge in [-0.1, -0.05) is 22.9 Å². The fourth-order valence-electron chi connectivity index (χ4n) is 1.78. The molecule has 1 heterocycles. The van der Waals surface area contributed by atoms with E-state index in [0.29, 0.717) is 28.2 Å². The number of nitrogens with zero attached hydrogens (tertiary/aromatic N) is 3. The summed E-state index contributed by atoms with van der Waals surface area (Å²) in [6.45, 7) is 2.45. The van der Waals surface area contributed by atoms with Crippen molar-refractivity contribution in [3.8, 4) is 11.4 Å². The molecule has 1 N–H and O–H groups in total. The highest BCUT2D eigenvalue weighted by Gasteiger charge is 2.15. The summed E-state index contributed by atoms with van der Waals surface area (Å²) in [7, 11) is 0. The van der Waals surface area contributed by atoms with Gasteiger partial charge in [0, 0.05) is 11.0 Å². The molecule has 0 amide bonds. The third kappa shape index (κ3) is 2.44. The lowest BCUT2D eigenvalue weighted by atomic mass is 10.2. The van der Waals surface area contributed by atoms with Crippen molar-refractivity contribution in [3.63, 3.8) is 0 Å². The Balaban J connectivity index is 2.52. The smallest absolute Gasteiger partial charge is 0.166 e. The zero-order chi connectivity index (χ0) is 13.1. The molecule has 2 rings (SSSR count). The van der Waals surface area contributed by atoms with E-state index < -0.39 is 0 Å². The Hall–Kier alpha value is -1.27. The second-order valence-corrected chi connectivity index (χ2v) is 4.79. The normalized spacial score (nSPS) is 10.9. The zero-order valence-electron chi connectivity index (χ0n) is 9.90. The van der Waals surface area contributed by atoms with Gasteiger partial charge in [0.1, 0.15) is 12.4 Å². The van der Waals surface area contributed by atoms with Gasteiger partial charge in [-0.2, -0.15) is 0 Å². The minimum Gasteiger partial charge on any atom is -0.388 e. The average Bonchev–Trinajstić information content (AvgIpc) is 2.73. The van der Waals surface area contributed by atoms with E-state index in [1.54, 1.807) is 16.7 Å². The molecule has 1 aromatic carbocycles. The van der Waals surface area contributed by atoms with Crippen molar-refractivity contribution >= 4 is 15.9 Å². The Labute approximate surface area is 113 Å². The molecule has 6 heteroatoms. The molecule has 0 bridgehead atoms. The largest absolute Gasteiger partial charge is 0.388 e. The van der Waals surface area contributed by atoms with Crippen molar-refractivity contribution in [2.75, 3.05) is 0 Å². The molecule has 1 aromatic heterocycles. The van der Waals surface area contributed by atoms with E-state index in [-0.39, 0.29) is 12.4 Å². The molecule has 18 heavy (non-hydrogen) atoms. The second-order valence-electron chi connectivity index (χ2n) is 3.87. The molecular weight excluding hydrogens is 301 g/mol. The van der Waals surface area contributed by atoms with E-state index >= 15 is 0 Å². The molecular formula is C12H13BrFN3O. The molecule has 2 aromatic rings. The monoisotopic (exact) mass is 313 g/mol. The van der Waals surface area contributed by atoms with E-state index in [1.807, 2.05) is 6.92 Å². The summed E-state index contributed by atoms with van der Waals surface area (Å²) in [6, 6.07) is 4.79. The zero-order valence-corrected chi connectivity index (χ0v) is 11.5. The highest BCUT2D eigenvalue weighted by atomic mass is 79.9. The molecule has 0 aliphatic carbocycles. The van der Waals surface area contributed by atoms with Gasteiger partial charge in [-0.3, -0.25) is 0 Å². The molecule has 0 fully saturated rings. The number of aromatic nitrogens is 3. The van der Waals surface area contributed by atoms with Crippen LogP contribution in [0.4, 0.5) is 4.39 Å². The summed E-state index contributed by atoms with van der Waals surface area (Å²) in [4.78, 5) is 0. The summed E-state index contributed by atoms with van der Waals surface area (Å²) in [5, 5.41) is 17.0. The summed E-state index contributed by atoms with van der Waals surface area (Å²) in [5.74, 6) is 0.540. The van der Waals surface area contributed by atoms with Gasteiger partial charge in [-0.05, 0) is 24.6 Å². The molecule has 96 valence electrons. The Morgan fingerprint density at radius 1 is 1.39 bits per heavy atom. The SMILES string of the molecule is CCCn1c(CO)nnc1-c1ccc(Br)cc1F. The molecule has 0 atom stereocenters. The second kappa shape index (κ2) is 5.58. The van der Waals surface area contributed by atoms with Crippen LogP contribution >= 0.6 is 15.9 Å². The Morgan fingerprint density at radius 2 is 2.17 bits per heavy atom. The van der Waals surface area contributed by atoms with Crippen LogP contribution in [0.5, 0.6) is 0 Å². The van der Waals surface area contributed by atoms with Gasteiger partial charge in [-0.15, -0.1) is 10.2 Å². The number of rotatable bonds is 4. The maximum Gasteiger partial charge on any atom is 0.166 e. The molecule has 0 aliphatic rings. The predicted molar refractivity (Wildman–Crippen MR) is 69.3 cm³/mol. The Morgan fingerprint density at radius 3 is 2.78 bits per heavy atom. The summed E-state index contributed by atoms with van der Waals surface area (Å²) >= 11 is 3.21. The highest BCUT2D eigenvalue weighted by molar-refractivity contribution is 9.10. The first-order valence-electron chi connectivity index (χ1n) is 5.65. The summed E-state index contributed by atoms with van der Waals surface area (Å²) in [5.41, 5.74) is 0.388. The van der Waals surface area contributed by atoms with Crippen LogP contribution in [0.3, 0.4) is 0 Å². The number of hydrogen-bond acceptors (Lipinski definition) is 3. The Kier molecular flexibility index (Phi) is 4.08. The van der Waals surface area contributed by atoms with Crippen LogP contribution < -0.4 is 0 Å². The summed E-state index contributed by atoms with van der Waals surface area (Å²) in [6.07, 6.45) is 0.857. The number of hydrogen-bond donors (Lipinski definition) is 1. The first-order chi connectivity index (χ1) is 8.67. The van der Waals surface area contributed by atoms with Crippen molar-refractivity contribution in [2.45, 2.75) is 26.5 Å². The number of aliphatic hydroxyl groups is 1. The first-order valence-corrected chi connectivity index (χ1v) is 6.45. The van der Waals surface area contributed by atoms with Crippen molar-refractivity contribution in [3.05, 3.63) is 34.3 Å². The standard InChI is InChI=1S/C12H13BrFN3O/c1-2-5-17-11(7-18)15-16-12(17)9-4-3-8(13)6-10(9)14/h3-4,6,18H,2,5,7H2,1H3. The van der Waals surface area contributed by atoms with E-state index in [1.165, 1.54) is 6.07 Å². The molecule has 0 unspecified atom stereocenters. The van der Waals surface area contributed by atoms with Crippen LogP contribution in [0.25, 0.3) is 11.4 Å². The van der Waals surface area contributed by atoms with Gasteiger partial charge >= 0.3 is 0 Å². The molecule has 0 saturated carbocycles. The first kappa shape index (κ1) is 13.2. The summed E-state index contributed by atoms with van der Waals surface area (Å²) < 4.78 is 16.3. The van der Waals surface area contributed by atoms with Gasteiger partial charge in [-0.25, -0.2) is 4.39 Å². The predicted octanol–water partition coefficient (Wildman–Crippen LogP) is 2.75. The number of halogens is 2. The van der Waals surface area contributed by atoms with Crippen LogP contribution in [-0.4, -0.2) is 19.9 Å². The Bertz CT molecular complexity index is 556. The van der Waals surface area contributed by atoms with Crippen LogP contribution in [0.15, 0.2) is 22.7 Å². The maximum atomic E-state index is 13.9. The van der Waals surface area contributed by atoms with Crippen LogP contribution in [0.2, 0.25) is 0 Å². The van der Waals surface area contributed by atoms with Gasteiger partial charge in [0.15, 0.2) is 11.6 Å². The molecule has 0 radical (unpaired) electrons. The van der Waals surface area contributed by atoms with Gasteiger partial charge < -0.3 is 9.67 Å². The number of benzene rings is 1. The van der Waals surface area contributed by atoms with E-state index in [0.717, 1.165) is 6.42 Å². The lowest BCUT2D eigenvalue weighted by Crippen LogP contribution is -2.05. The minimum atomic E-state index is -0.362. The minimum absolute atomic E-state index is 0.203. The van der Waals surface area contributed by atoms with E-state index in [4.69, 9.17) is 0 Å². The van der Waals surface area contributed by atoms with E-state index in [9.17, 15) is 9.50 Å². The fourth-order valence-corrected chi connectivity index (χ4v) is 2.11. The molecule has 0 spiro atoms. The lowest BCUT2D eigenvalue weighted by molar-refractivity contribution is 0.264. The quantitative estimate of drug-likeness (QED) is 0.944. The van der Waals surface area contributed by atoms with Crippen LogP contribution in [0.1, 0.15) is 19.2 Å². The van der Waals surface area contributed by atoms with Crippen molar-refractivity contribution < 1.29 is 9.50 Å². The van der Waals surface area contributed by atoms with Gasteiger partial charge in [0.05, 0.1) is 5.56 Å². The van der Waals surface area contributed by atoms with Crippen LogP contribution in [0, 0.1) is 5.82 Å². The van der Waals surface area contributed by atoms with Gasteiger partial charge in [0.2, 0.25) is 0 Å². The van der Waals surface area contributed by atoms with Crippen molar-refractivity contribution in [1.82, 2.24) is 14.8 Å². The van der Waals surface area contributed by atoms with Crippen molar-refractivity contribution in [1.29, 1.82) is 0 Å². The topological polar surface area (TPSA) is 50.9 Å². The highest BCUT2D eigenvalue weighted by Crippen LogP contribution is 2.25. The third-order valence-corrected chi connectivity index (χ3v) is 3.08. The molecule has 0 aliphatic heterocycles. The molecule has 4 nitrogen and oxygen atoms in total. The fraction of sp³-hybridized carbons (Fsp3) is 0.333. The average molecular weight is 314 g/mol. The van der Waals surface area contributed by atoms with Crippen LogP contribution in [-0.2, 0) is 13.2 Å². The third-order valence-electron chi connectivity index (χ3n) is 2.59. The van der Waals surface area contributed by atoms with Gasteiger partial charge in [0.25, 0.3) is 0 Å². The maximum absolute atomic E-state index is 13.9. The van der Waals surface area contributed by atoms with Crippen molar-refractivity contribution in [2.24, 2.45) is 0 Å². The number of aliphatic hydroxyl groups excluding tert-OH is 1. The lowest BCUT2D eigenvalue weighted by Gasteiger charge is -2.08.